The average molecular weight is 447 g/mol. The van der Waals surface area contributed by atoms with Gasteiger partial charge in [0, 0.05) is 18.0 Å². The van der Waals surface area contributed by atoms with Gasteiger partial charge in [-0.3, -0.25) is 4.72 Å². The summed E-state index contributed by atoms with van der Waals surface area (Å²) in [5, 5.41) is 0. The van der Waals surface area contributed by atoms with Crippen LogP contribution in [0.3, 0.4) is 0 Å². The van der Waals surface area contributed by atoms with Gasteiger partial charge in [0.15, 0.2) is 0 Å². The Labute approximate surface area is 176 Å². The number of aryl methyl sites for hydroxylation is 1. The van der Waals surface area contributed by atoms with Gasteiger partial charge < -0.3 is 9.14 Å². The molecule has 160 valence electrons. The van der Waals surface area contributed by atoms with Gasteiger partial charge in [0.2, 0.25) is 0 Å². The summed E-state index contributed by atoms with van der Waals surface area (Å²) in [6, 6.07) is 14.8. The number of nitrogens with zero attached hydrogens (tertiary/aromatic N) is 2. The Balaban J connectivity index is 1.61. The maximum Gasteiger partial charge on any atom is 0.573 e. The summed E-state index contributed by atoms with van der Waals surface area (Å²) in [7, 11) is -4.03. The fourth-order valence-corrected chi connectivity index (χ4v) is 4.11. The number of hydrogen-bond donors (Lipinski definition) is 1. The molecule has 0 atom stereocenters. The molecule has 0 aliphatic heterocycles. The molecule has 0 saturated carbocycles. The van der Waals surface area contributed by atoms with Crippen molar-refractivity contribution >= 4 is 21.4 Å². The number of alkyl halides is 3. The fraction of sp³-hybridized carbons (Fsp3) is 0.0952. The van der Waals surface area contributed by atoms with Gasteiger partial charge in [-0.15, -0.1) is 13.2 Å². The number of imidazole rings is 1. The number of anilines is 1. The first-order valence-corrected chi connectivity index (χ1v) is 10.5. The predicted octanol–water partition coefficient (Wildman–Crippen LogP) is 5.01. The zero-order chi connectivity index (χ0) is 22.2. The van der Waals surface area contributed by atoms with Gasteiger partial charge in [-0.05, 0) is 55.0 Å². The number of fused-ring (bicyclic) bond motifs is 1. The van der Waals surface area contributed by atoms with Crippen molar-refractivity contribution in [2.75, 3.05) is 4.72 Å². The second kappa shape index (κ2) is 7.62. The molecule has 0 saturated heterocycles. The largest absolute Gasteiger partial charge is 0.573 e. The number of nitrogens with one attached hydrogen (secondary N) is 1. The molecule has 6 nitrogen and oxygen atoms in total. The Morgan fingerprint density at radius 3 is 2.45 bits per heavy atom. The second-order valence-electron chi connectivity index (χ2n) is 6.75. The van der Waals surface area contributed by atoms with Crippen LogP contribution in [-0.4, -0.2) is 24.2 Å². The van der Waals surface area contributed by atoms with E-state index in [1.165, 1.54) is 0 Å². The number of pyridine rings is 1. The molecule has 0 unspecified atom stereocenters. The molecule has 10 heteroatoms. The van der Waals surface area contributed by atoms with Gasteiger partial charge in [-0.1, -0.05) is 18.2 Å². The van der Waals surface area contributed by atoms with Crippen LogP contribution in [-0.2, 0) is 10.0 Å². The summed E-state index contributed by atoms with van der Waals surface area (Å²) < 4.78 is 70.5. The van der Waals surface area contributed by atoms with E-state index in [9.17, 15) is 21.6 Å². The number of ether oxygens (including phenoxy) is 1. The van der Waals surface area contributed by atoms with Crippen LogP contribution in [0.5, 0.6) is 5.75 Å². The number of benzene rings is 2. The zero-order valence-electron chi connectivity index (χ0n) is 16.1. The molecule has 0 spiro atoms. The Morgan fingerprint density at radius 2 is 1.77 bits per heavy atom. The van der Waals surface area contributed by atoms with Gasteiger partial charge in [0.1, 0.15) is 11.4 Å². The van der Waals surface area contributed by atoms with Crippen LogP contribution in [0, 0.1) is 6.92 Å². The molecule has 0 fully saturated rings. The van der Waals surface area contributed by atoms with Crippen LogP contribution >= 0.6 is 0 Å². The van der Waals surface area contributed by atoms with E-state index in [1.54, 1.807) is 19.1 Å². The van der Waals surface area contributed by atoms with E-state index < -0.39 is 22.1 Å². The van der Waals surface area contributed by atoms with Crippen molar-refractivity contribution in [2.24, 2.45) is 0 Å². The molecule has 0 bridgehead atoms. The average Bonchev–Trinajstić information content (AvgIpc) is 3.13. The van der Waals surface area contributed by atoms with Gasteiger partial charge in [-0.2, -0.15) is 0 Å². The van der Waals surface area contributed by atoms with Gasteiger partial charge >= 0.3 is 6.36 Å². The van der Waals surface area contributed by atoms with E-state index in [-0.39, 0.29) is 4.90 Å². The lowest BCUT2D eigenvalue weighted by Gasteiger charge is -2.13. The molecule has 0 amide bonds. The third-order valence-electron chi connectivity index (χ3n) is 4.51. The molecule has 2 aromatic heterocycles. The van der Waals surface area contributed by atoms with E-state index >= 15 is 0 Å². The van der Waals surface area contributed by atoms with Gasteiger partial charge in [0.25, 0.3) is 10.0 Å². The Morgan fingerprint density at radius 1 is 1.03 bits per heavy atom. The van der Waals surface area contributed by atoms with Crippen LogP contribution in [0.1, 0.15) is 5.56 Å². The molecule has 0 aliphatic carbocycles. The monoisotopic (exact) mass is 447 g/mol. The maximum atomic E-state index is 12.7. The van der Waals surface area contributed by atoms with Crippen molar-refractivity contribution in [2.45, 2.75) is 18.2 Å². The lowest BCUT2D eigenvalue weighted by Crippen LogP contribution is -2.17. The highest BCUT2D eigenvalue weighted by atomic mass is 32.2. The van der Waals surface area contributed by atoms with Crippen LogP contribution < -0.4 is 9.46 Å². The predicted molar refractivity (Wildman–Crippen MR) is 109 cm³/mol. The topological polar surface area (TPSA) is 72.7 Å². The highest BCUT2D eigenvalue weighted by Crippen LogP contribution is 2.28. The molecule has 1 N–H and O–H groups in total. The number of sulfonamides is 1. The van der Waals surface area contributed by atoms with Crippen LogP contribution in [0.4, 0.5) is 18.9 Å². The molecule has 4 rings (SSSR count). The van der Waals surface area contributed by atoms with Crippen molar-refractivity contribution < 1.29 is 26.3 Å². The third-order valence-corrected chi connectivity index (χ3v) is 5.89. The Hall–Kier alpha value is -3.53. The molecule has 2 heterocycles. The first-order valence-electron chi connectivity index (χ1n) is 9.04. The zero-order valence-corrected chi connectivity index (χ0v) is 16.9. The van der Waals surface area contributed by atoms with E-state index in [1.807, 2.05) is 41.1 Å². The number of hydrogen-bond acceptors (Lipinski definition) is 4. The number of rotatable bonds is 5. The molecule has 0 aliphatic rings. The van der Waals surface area contributed by atoms with E-state index in [2.05, 4.69) is 14.4 Å². The lowest BCUT2D eigenvalue weighted by molar-refractivity contribution is -0.274. The molecule has 2 aromatic carbocycles. The third kappa shape index (κ3) is 4.64. The van der Waals surface area contributed by atoms with Gasteiger partial charge in [-0.25, -0.2) is 13.4 Å². The summed E-state index contributed by atoms with van der Waals surface area (Å²) in [4.78, 5) is 4.33. The normalized spacial score (nSPS) is 12.1. The number of aromatic nitrogens is 2. The van der Waals surface area contributed by atoms with E-state index in [4.69, 9.17) is 0 Å². The lowest BCUT2D eigenvalue weighted by atomic mass is 10.1. The highest BCUT2D eigenvalue weighted by molar-refractivity contribution is 7.92. The minimum absolute atomic E-state index is 0.195. The van der Waals surface area contributed by atoms with Crippen molar-refractivity contribution in [1.82, 2.24) is 9.38 Å². The molecular formula is C21H16F3N3O3S. The van der Waals surface area contributed by atoms with Crippen LogP contribution in [0.2, 0.25) is 0 Å². The molecule has 31 heavy (non-hydrogen) atoms. The Bertz CT molecular complexity index is 1310. The van der Waals surface area contributed by atoms with Crippen molar-refractivity contribution in [3.8, 4) is 17.0 Å². The van der Waals surface area contributed by atoms with Gasteiger partial charge in [0.05, 0.1) is 16.3 Å². The van der Waals surface area contributed by atoms with Crippen LogP contribution in [0.25, 0.3) is 16.9 Å². The summed E-state index contributed by atoms with van der Waals surface area (Å²) >= 11 is 0. The first-order chi connectivity index (χ1) is 14.6. The first kappa shape index (κ1) is 20.7. The summed E-state index contributed by atoms with van der Waals surface area (Å²) in [6.45, 7) is 1.74. The highest BCUT2D eigenvalue weighted by Gasteiger charge is 2.31. The van der Waals surface area contributed by atoms with E-state index in [0.717, 1.165) is 29.9 Å². The maximum absolute atomic E-state index is 12.7. The standard InChI is InChI=1S/C21H16F3N3O3S/c1-14-5-6-15(19-13-27-11-3-2-4-20(27)25-19)12-18(14)26-31(28,29)17-9-7-16(8-10-17)30-21(22,23)24/h2-13,26H,1H3. The van der Waals surface area contributed by atoms with Crippen molar-refractivity contribution in [1.29, 1.82) is 0 Å². The second-order valence-corrected chi connectivity index (χ2v) is 8.43. The smallest absolute Gasteiger partial charge is 0.406 e. The van der Waals surface area contributed by atoms with Crippen LogP contribution in [0.15, 0.2) is 78.0 Å². The minimum Gasteiger partial charge on any atom is -0.406 e. The van der Waals surface area contributed by atoms with E-state index in [0.29, 0.717) is 22.5 Å². The van der Waals surface area contributed by atoms with Crippen molar-refractivity contribution in [3.05, 3.63) is 78.6 Å². The molecule has 0 radical (unpaired) electrons. The summed E-state index contributed by atoms with van der Waals surface area (Å²) in [5.41, 5.74) is 3.14. The summed E-state index contributed by atoms with van der Waals surface area (Å²) in [5.74, 6) is -0.503. The summed E-state index contributed by atoms with van der Waals surface area (Å²) in [6.07, 6.45) is -1.17. The molecule has 4 aromatic rings. The fourth-order valence-electron chi connectivity index (χ4n) is 2.99. The minimum atomic E-state index is -4.85. The Kier molecular flexibility index (Phi) is 5.10. The quantitative estimate of drug-likeness (QED) is 0.467. The SMILES string of the molecule is Cc1ccc(-c2cn3ccccc3n2)cc1NS(=O)(=O)c1ccc(OC(F)(F)F)cc1. The van der Waals surface area contributed by atoms with Crippen molar-refractivity contribution in [3.63, 3.8) is 0 Å². The number of halogens is 3. The molecular weight excluding hydrogens is 431 g/mol.